The standard InChI is InChI=1S/C19H21FN2O5S/c1-3-21(4-2)28(24,25)14-9-10-16-18(13-14)27-19(23)22(16)11-12-26-17-8-6-5-7-15(17)20/h5-10,13H,3-4,11-12H2,1-2H3. The molecule has 0 fully saturated rings. The molecule has 0 N–H and O–H groups in total. The molecule has 0 saturated carbocycles. The molecular formula is C19H21FN2O5S. The maximum absolute atomic E-state index is 13.6. The molecule has 0 amide bonds. The van der Waals surface area contributed by atoms with Gasteiger partial charge in [0, 0.05) is 19.2 Å². The van der Waals surface area contributed by atoms with E-state index in [0.29, 0.717) is 18.6 Å². The van der Waals surface area contributed by atoms with Crippen LogP contribution in [-0.4, -0.2) is 37.0 Å². The molecule has 0 spiro atoms. The number of nitrogens with zero attached hydrogens (tertiary/aromatic N) is 2. The van der Waals surface area contributed by atoms with Crippen molar-refractivity contribution in [1.29, 1.82) is 0 Å². The van der Waals surface area contributed by atoms with Gasteiger partial charge in [0.05, 0.1) is 17.0 Å². The molecule has 3 aromatic rings. The highest BCUT2D eigenvalue weighted by Crippen LogP contribution is 2.22. The summed E-state index contributed by atoms with van der Waals surface area (Å²) in [7, 11) is -3.66. The molecule has 9 heteroatoms. The molecule has 0 atom stereocenters. The number of para-hydroxylation sites is 1. The number of ether oxygens (including phenoxy) is 1. The van der Waals surface area contributed by atoms with Crippen molar-refractivity contribution < 1.29 is 22.0 Å². The Morgan fingerprint density at radius 1 is 1.14 bits per heavy atom. The van der Waals surface area contributed by atoms with Crippen LogP contribution >= 0.6 is 0 Å². The van der Waals surface area contributed by atoms with E-state index in [1.54, 1.807) is 26.0 Å². The van der Waals surface area contributed by atoms with Crippen molar-refractivity contribution in [3.8, 4) is 5.75 Å². The van der Waals surface area contributed by atoms with E-state index in [-0.39, 0.29) is 29.4 Å². The van der Waals surface area contributed by atoms with Gasteiger partial charge in [-0.15, -0.1) is 0 Å². The number of halogens is 1. The first-order valence-electron chi connectivity index (χ1n) is 8.89. The van der Waals surface area contributed by atoms with Crippen molar-refractivity contribution in [2.45, 2.75) is 25.3 Å². The number of sulfonamides is 1. The molecule has 1 aromatic heterocycles. The Bertz CT molecular complexity index is 1130. The Labute approximate surface area is 162 Å². The molecule has 7 nitrogen and oxygen atoms in total. The highest BCUT2D eigenvalue weighted by molar-refractivity contribution is 7.89. The van der Waals surface area contributed by atoms with Crippen molar-refractivity contribution >= 4 is 21.1 Å². The summed E-state index contributed by atoms with van der Waals surface area (Å²) in [6.45, 7) is 4.37. The summed E-state index contributed by atoms with van der Waals surface area (Å²) in [6, 6.07) is 10.3. The second kappa shape index (κ2) is 8.15. The molecule has 150 valence electrons. The molecule has 0 aliphatic rings. The monoisotopic (exact) mass is 408 g/mol. The zero-order chi connectivity index (χ0) is 20.3. The Morgan fingerprint density at radius 2 is 1.86 bits per heavy atom. The van der Waals surface area contributed by atoms with Crippen molar-refractivity contribution in [2.24, 2.45) is 0 Å². The normalized spacial score (nSPS) is 12.0. The quantitative estimate of drug-likeness (QED) is 0.572. The van der Waals surface area contributed by atoms with E-state index >= 15 is 0 Å². The second-order valence-electron chi connectivity index (χ2n) is 6.02. The number of hydrogen-bond donors (Lipinski definition) is 0. The van der Waals surface area contributed by atoms with E-state index in [9.17, 15) is 17.6 Å². The highest BCUT2D eigenvalue weighted by Gasteiger charge is 2.23. The first-order chi connectivity index (χ1) is 13.4. The number of oxazole rings is 1. The zero-order valence-corrected chi connectivity index (χ0v) is 16.4. The maximum Gasteiger partial charge on any atom is 0.420 e. The van der Waals surface area contributed by atoms with Crippen LogP contribution in [0, 0.1) is 5.82 Å². The lowest BCUT2D eigenvalue weighted by Crippen LogP contribution is -2.30. The van der Waals surface area contributed by atoms with Crippen LogP contribution in [0.1, 0.15) is 13.8 Å². The molecule has 0 unspecified atom stereocenters. The van der Waals surface area contributed by atoms with Gasteiger partial charge in [-0.1, -0.05) is 26.0 Å². The molecule has 0 radical (unpaired) electrons. The molecule has 0 aliphatic carbocycles. The van der Waals surface area contributed by atoms with Gasteiger partial charge in [0.2, 0.25) is 10.0 Å². The Kier molecular flexibility index (Phi) is 5.85. The topological polar surface area (TPSA) is 81.8 Å². The number of benzene rings is 2. The maximum atomic E-state index is 13.6. The van der Waals surface area contributed by atoms with Crippen molar-refractivity contribution in [3.63, 3.8) is 0 Å². The number of rotatable bonds is 8. The van der Waals surface area contributed by atoms with E-state index in [1.807, 2.05) is 0 Å². The van der Waals surface area contributed by atoms with Crippen LogP contribution in [0.25, 0.3) is 11.1 Å². The fourth-order valence-corrected chi connectivity index (χ4v) is 4.41. The third-order valence-corrected chi connectivity index (χ3v) is 6.44. The predicted octanol–water partition coefficient (Wildman–Crippen LogP) is 2.84. The molecule has 28 heavy (non-hydrogen) atoms. The minimum atomic E-state index is -3.66. The van der Waals surface area contributed by atoms with Crippen molar-refractivity contribution in [2.75, 3.05) is 19.7 Å². The van der Waals surface area contributed by atoms with Crippen LogP contribution < -0.4 is 10.5 Å². The smallest absolute Gasteiger partial charge is 0.420 e. The average Bonchev–Trinajstić information content (AvgIpc) is 2.98. The van der Waals surface area contributed by atoms with Gasteiger partial charge in [-0.3, -0.25) is 4.57 Å². The molecule has 0 aliphatic heterocycles. The summed E-state index contributed by atoms with van der Waals surface area (Å²) in [4.78, 5) is 12.2. The molecule has 0 saturated heterocycles. The summed E-state index contributed by atoms with van der Waals surface area (Å²) in [5, 5.41) is 0. The van der Waals surface area contributed by atoms with E-state index in [1.165, 1.54) is 39.2 Å². The van der Waals surface area contributed by atoms with E-state index in [2.05, 4.69) is 0 Å². The second-order valence-corrected chi connectivity index (χ2v) is 7.96. The van der Waals surface area contributed by atoms with Crippen LogP contribution in [0.5, 0.6) is 5.75 Å². The van der Waals surface area contributed by atoms with Gasteiger partial charge in [-0.05, 0) is 24.3 Å². The Morgan fingerprint density at radius 3 is 2.54 bits per heavy atom. The minimum absolute atomic E-state index is 0.0506. The van der Waals surface area contributed by atoms with Gasteiger partial charge < -0.3 is 9.15 Å². The molecule has 3 rings (SSSR count). The third kappa shape index (κ3) is 3.81. The zero-order valence-electron chi connectivity index (χ0n) is 15.6. The molecule has 2 aromatic carbocycles. The van der Waals surface area contributed by atoms with Gasteiger partial charge in [-0.2, -0.15) is 4.31 Å². The molecule has 0 bridgehead atoms. The predicted molar refractivity (Wildman–Crippen MR) is 102 cm³/mol. The van der Waals surface area contributed by atoms with Crippen LogP contribution in [0.15, 0.2) is 56.6 Å². The van der Waals surface area contributed by atoms with Crippen molar-refractivity contribution in [1.82, 2.24) is 8.87 Å². The Balaban J connectivity index is 1.85. The summed E-state index contributed by atoms with van der Waals surface area (Å²) in [6.07, 6.45) is 0. The molecular weight excluding hydrogens is 387 g/mol. The van der Waals surface area contributed by atoms with Gasteiger partial charge in [0.25, 0.3) is 0 Å². The number of aromatic nitrogens is 1. The SMILES string of the molecule is CCN(CC)S(=O)(=O)c1ccc2c(c1)oc(=O)n2CCOc1ccccc1F. The fraction of sp³-hybridized carbons (Fsp3) is 0.316. The molecule has 1 heterocycles. The minimum Gasteiger partial charge on any atom is -0.489 e. The summed E-state index contributed by atoms with van der Waals surface area (Å²) < 4.78 is 52.1. The third-order valence-electron chi connectivity index (χ3n) is 4.39. The average molecular weight is 408 g/mol. The van der Waals surface area contributed by atoms with Gasteiger partial charge in [0.15, 0.2) is 17.1 Å². The fourth-order valence-electron chi connectivity index (χ4n) is 2.94. The lowest BCUT2D eigenvalue weighted by Gasteiger charge is -2.18. The van der Waals surface area contributed by atoms with Crippen LogP contribution in [-0.2, 0) is 16.6 Å². The van der Waals surface area contributed by atoms with Gasteiger partial charge in [0.1, 0.15) is 6.61 Å². The lowest BCUT2D eigenvalue weighted by molar-refractivity contribution is 0.281. The van der Waals surface area contributed by atoms with Crippen LogP contribution in [0.4, 0.5) is 4.39 Å². The van der Waals surface area contributed by atoms with E-state index in [4.69, 9.17) is 9.15 Å². The Hall–Kier alpha value is -2.65. The number of hydrogen-bond acceptors (Lipinski definition) is 5. The summed E-state index contributed by atoms with van der Waals surface area (Å²) in [5.41, 5.74) is 0.616. The van der Waals surface area contributed by atoms with E-state index < -0.39 is 21.6 Å². The lowest BCUT2D eigenvalue weighted by atomic mass is 10.3. The number of fused-ring (bicyclic) bond motifs is 1. The van der Waals surface area contributed by atoms with Gasteiger partial charge in [-0.25, -0.2) is 17.6 Å². The summed E-state index contributed by atoms with van der Waals surface area (Å²) >= 11 is 0. The van der Waals surface area contributed by atoms with Crippen LogP contribution in [0.3, 0.4) is 0 Å². The van der Waals surface area contributed by atoms with Crippen molar-refractivity contribution in [3.05, 3.63) is 58.8 Å². The largest absolute Gasteiger partial charge is 0.489 e. The highest BCUT2D eigenvalue weighted by atomic mass is 32.2. The summed E-state index contributed by atoms with van der Waals surface area (Å²) in [5.74, 6) is -1.03. The van der Waals surface area contributed by atoms with Crippen LogP contribution in [0.2, 0.25) is 0 Å². The van der Waals surface area contributed by atoms with Gasteiger partial charge >= 0.3 is 5.76 Å². The first kappa shape index (κ1) is 20.1. The first-order valence-corrected chi connectivity index (χ1v) is 10.3. The van der Waals surface area contributed by atoms with E-state index in [0.717, 1.165) is 0 Å².